The summed E-state index contributed by atoms with van der Waals surface area (Å²) < 4.78 is 6.07. The third-order valence-electron chi connectivity index (χ3n) is 4.89. The average Bonchev–Trinajstić information content (AvgIpc) is 3.15. The summed E-state index contributed by atoms with van der Waals surface area (Å²) in [5.74, 6) is 1.04. The Balaban J connectivity index is 1.42. The van der Waals surface area contributed by atoms with Crippen LogP contribution in [0.5, 0.6) is 5.75 Å². The number of hydrogen-bond acceptors (Lipinski definition) is 2. The first-order valence-corrected chi connectivity index (χ1v) is 9.86. The van der Waals surface area contributed by atoms with Gasteiger partial charge in [-0.1, -0.05) is 41.9 Å². The summed E-state index contributed by atoms with van der Waals surface area (Å²) in [5, 5.41) is 0.793. The summed E-state index contributed by atoms with van der Waals surface area (Å²) in [6.45, 7) is 4.61. The first kappa shape index (κ1) is 18.3. The van der Waals surface area contributed by atoms with E-state index in [1.165, 1.54) is 50.0 Å². The van der Waals surface area contributed by atoms with Crippen LogP contribution in [0.4, 0.5) is 0 Å². The highest BCUT2D eigenvalue weighted by molar-refractivity contribution is 6.30. The topological polar surface area (TPSA) is 12.5 Å². The van der Waals surface area contributed by atoms with Gasteiger partial charge in [-0.3, -0.25) is 0 Å². The van der Waals surface area contributed by atoms with Crippen LogP contribution in [0, 0.1) is 0 Å². The highest BCUT2D eigenvalue weighted by atomic mass is 35.5. The number of benzene rings is 2. The Morgan fingerprint density at radius 2 is 1.64 bits per heavy atom. The van der Waals surface area contributed by atoms with Crippen LogP contribution < -0.4 is 4.74 Å². The molecule has 1 aliphatic rings. The molecule has 0 unspecified atom stereocenters. The molecule has 134 valence electrons. The van der Waals surface area contributed by atoms with Gasteiger partial charge >= 0.3 is 0 Å². The lowest BCUT2D eigenvalue weighted by Crippen LogP contribution is -2.20. The van der Waals surface area contributed by atoms with Crippen LogP contribution in [0.1, 0.15) is 36.8 Å². The number of halogens is 1. The molecule has 1 saturated heterocycles. The van der Waals surface area contributed by atoms with Gasteiger partial charge < -0.3 is 9.64 Å². The largest absolute Gasteiger partial charge is 0.493 e. The van der Waals surface area contributed by atoms with Crippen LogP contribution in [0.3, 0.4) is 0 Å². The maximum absolute atomic E-state index is 6.07. The average molecular weight is 358 g/mol. The zero-order valence-corrected chi connectivity index (χ0v) is 15.7. The molecule has 3 heteroatoms. The number of likely N-dealkylation sites (tertiary alicyclic amines) is 1. The van der Waals surface area contributed by atoms with Gasteiger partial charge in [-0.15, -0.1) is 0 Å². The summed E-state index contributed by atoms with van der Waals surface area (Å²) in [7, 11) is 0. The maximum Gasteiger partial charge on any atom is 0.122 e. The third kappa shape index (κ3) is 6.05. The van der Waals surface area contributed by atoms with Crippen LogP contribution in [0.2, 0.25) is 5.02 Å². The van der Waals surface area contributed by atoms with E-state index in [4.69, 9.17) is 16.3 Å². The first-order valence-electron chi connectivity index (χ1n) is 9.49. The number of rotatable bonds is 9. The maximum atomic E-state index is 6.07. The van der Waals surface area contributed by atoms with Gasteiger partial charge in [0.1, 0.15) is 5.75 Å². The number of nitrogens with zero attached hydrogens (tertiary/aromatic N) is 1. The van der Waals surface area contributed by atoms with E-state index < -0.39 is 0 Å². The zero-order valence-electron chi connectivity index (χ0n) is 14.9. The van der Waals surface area contributed by atoms with Gasteiger partial charge in [-0.05, 0) is 87.5 Å². The number of unbranched alkanes of at least 4 members (excludes halogenated alkanes) is 1. The molecule has 0 N–H and O–H groups in total. The van der Waals surface area contributed by atoms with E-state index in [0.29, 0.717) is 0 Å². The normalized spacial score (nSPS) is 14.8. The van der Waals surface area contributed by atoms with E-state index in [1.54, 1.807) is 0 Å². The van der Waals surface area contributed by atoms with Crippen LogP contribution >= 0.6 is 11.6 Å². The van der Waals surface area contributed by atoms with Crippen molar-refractivity contribution in [2.75, 3.05) is 26.2 Å². The lowest BCUT2D eigenvalue weighted by Gasteiger charge is -2.15. The van der Waals surface area contributed by atoms with E-state index in [1.807, 2.05) is 12.1 Å². The van der Waals surface area contributed by atoms with Crippen molar-refractivity contribution in [3.05, 3.63) is 64.7 Å². The third-order valence-corrected chi connectivity index (χ3v) is 5.15. The van der Waals surface area contributed by atoms with Crippen molar-refractivity contribution >= 4 is 11.6 Å². The highest BCUT2D eigenvalue weighted by Crippen LogP contribution is 2.21. The molecular weight excluding hydrogens is 330 g/mol. The van der Waals surface area contributed by atoms with Crippen molar-refractivity contribution in [3.8, 4) is 5.75 Å². The molecule has 2 aromatic rings. The van der Waals surface area contributed by atoms with Gasteiger partial charge in [0, 0.05) is 5.02 Å². The predicted molar refractivity (Wildman–Crippen MR) is 106 cm³/mol. The van der Waals surface area contributed by atoms with Crippen LogP contribution in [-0.4, -0.2) is 31.1 Å². The van der Waals surface area contributed by atoms with Crippen molar-refractivity contribution in [3.63, 3.8) is 0 Å². The minimum atomic E-state index is 0.793. The molecule has 0 amide bonds. The van der Waals surface area contributed by atoms with Crippen molar-refractivity contribution in [1.82, 2.24) is 4.90 Å². The van der Waals surface area contributed by atoms with Gasteiger partial charge in [0.15, 0.2) is 0 Å². The first-order chi connectivity index (χ1) is 12.3. The van der Waals surface area contributed by atoms with Crippen LogP contribution in [-0.2, 0) is 12.8 Å². The second-order valence-corrected chi connectivity index (χ2v) is 7.27. The predicted octanol–water partition coefficient (Wildman–Crippen LogP) is 5.38. The van der Waals surface area contributed by atoms with E-state index in [9.17, 15) is 0 Å². The smallest absolute Gasteiger partial charge is 0.122 e. The summed E-state index contributed by atoms with van der Waals surface area (Å²) >= 11 is 5.96. The molecule has 3 rings (SSSR count). The van der Waals surface area contributed by atoms with Gasteiger partial charge in [0.2, 0.25) is 0 Å². The van der Waals surface area contributed by atoms with Crippen molar-refractivity contribution in [2.45, 2.75) is 38.5 Å². The molecule has 1 heterocycles. The molecule has 0 aliphatic carbocycles. The molecular formula is C22H28ClNO. The number of aryl methyl sites for hydroxylation is 2. The molecule has 1 fully saturated rings. The van der Waals surface area contributed by atoms with Gasteiger partial charge in [-0.25, -0.2) is 0 Å². The van der Waals surface area contributed by atoms with E-state index >= 15 is 0 Å². The van der Waals surface area contributed by atoms with Gasteiger partial charge in [-0.2, -0.15) is 0 Å². The van der Waals surface area contributed by atoms with Crippen LogP contribution in [0.25, 0.3) is 0 Å². The molecule has 25 heavy (non-hydrogen) atoms. The SMILES string of the molecule is Clc1ccc(CCc2ccccc2OCCCCN2CCCC2)cc1. The molecule has 2 nitrogen and oxygen atoms in total. The summed E-state index contributed by atoms with van der Waals surface area (Å²) in [5.41, 5.74) is 2.60. The minimum Gasteiger partial charge on any atom is -0.493 e. The molecule has 0 spiro atoms. The lowest BCUT2D eigenvalue weighted by atomic mass is 10.0. The Bertz CT molecular complexity index is 635. The van der Waals surface area contributed by atoms with Crippen molar-refractivity contribution in [1.29, 1.82) is 0 Å². The standard InChI is InChI=1S/C22H28ClNO/c23-21-13-10-19(11-14-21)9-12-20-7-1-2-8-22(20)25-18-6-5-17-24-15-3-4-16-24/h1-2,7-8,10-11,13-14H,3-6,9,12,15-18H2. The van der Waals surface area contributed by atoms with Gasteiger partial charge in [0.05, 0.1) is 6.61 Å². The molecule has 0 saturated carbocycles. The monoisotopic (exact) mass is 357 g/mol. The molecule has 2 aromatic carbocycles. The Morgan fingerprint density at radius 1 is 0.880 bits per heavy atom. The second-order valence-electron chi connectivity index (χ2n) is 6.84. The summed E-state index contributed by atoms with van der Waals surface area (Å²) in [6, 6.07) is 16.5. The fourth-order valence-corrected chi connectivity index (χ4v) is 3.53. The Hall–Kier alpha value is -1.51. The summed E-state index contributed by atoms with van der Waals surface area (Å²) in [4.78, 5) is 2.57. The fourth-order valence-electron chi connectivity index (χ4n) is 3.41. The molecule has 1 aliphatic heterocycles. The van der Waals surface area contributed by atoms with E-state index in [0.717, 1.165) is 36.6 Å². The van der Waals surface area contributed by atoms with E-state index in [-0.39, 0.29) is 0 Å². The number of para-hydroxylation sites is 1. The van der Waals surface area contributed by atoms with Crippen LogP contribution in [0.15, 0.2) is 48.5 Å². The van der Waals surface area contributed by atoms with Gasteiger partial charge in [0.25, 0.3) is 0 Å². The highest BCUT2D eigenvalue weighted by Gasteiger charge is 2.10. The van der Waals surface area contributed by atoms with E-state index in [2.05, 4.69) is 41.3 Å². The molecule has 0 aromatic heterocycles. The van der Waals surface area contributed by atoms with Crippen molar-refractivity contribution < 1.29 is 4.74 Å². The van der Waals surface area contributed by atoms with Crippen molar-refractivity contribution in [2.24, 2.45) is 0 Å². The Labute approximate surface area is 156 Å². The fraction of sp³-hybridized carbons (Fsp3) is 0.455. The molecule has 0 radical (unpaired) electrons. The second kappa shape index (κ2) is 9.84. The quantitative estimate of drug-likeness (QED) is 0.558. The minimum absolute atomic E-state index is 0.793. The lowest BCUT2D eigenvalue weighted by molar-refractivity contribution is 0.278. The Kier molecular flexibility index (Phi) is 7.20. The summed E-state index contributed by atoms with van der Waals surface area (Å²) in [6.07, 6.45) is 7.10. The molecule has 0 atom stereocenters. The Morgan fingerprint density at radius 3 is 2.44 bits per heavy atom. The number of ether oxygens (including phenoxy) is 1. The molecule has 0 bridgehead atoms. The zero-order chi connectivity index (χ0) is 17.3. The number of hydrogen-bond donors (Lipinski definition) is 0.